The van der Waals surface area contributed by atoms with Gasteiger partial charge in [-0.05, 0) is 42.2 Å². The molecule has 0 N–H and O–H groups in total. The van der Waals surface area contributed by atoms with E-state index >= 15 is 0 Å². The van der Waals surface area contributed by atoms with E-state index in [1.807, 2.05) is 71.6 Å². The average Bonchev–Trinajstić information content (AvgIpc) is 2.77. The first-order valence-electron chi connectivity index (χ1n) is 9.76. The maximum atomic E-state index is 13.1. The second-order valence-electron chi connectivity index (χ2n) is 7.14. The zero-order valence-corrected chi connectivity index (χ0v) is 15.7. The molecular weight excluding hydrogens is 350 g/mol. The molecule has 4 heteroatoms. The lowest BCUT2D eigenvalue weighted by molar-refractivity contribution is -0.142. The highest BCUT2D eigenvalue weighted by Gasteiger charge is 2.30. The van der Waals surface area contributed by atoms with Gasteiger partial charge in [-0.3, -0.25) is 4.79 Å². The van der Waals surface area contributed by atoms with Gasteiger partial charge in [-0.2, -0.15) is 0 Å². The van der Waals surface area contributed by atoms with Crippen LogP contribution in [0.15, 0.2) is 72.8 Å². The number of benzene rings is 3. The van der Waals surface area contributed by atoms with Gasteiger partial charge in [0.05, 0.1) is 5.56 Å². The van der Waals surface area contributed by atoms with Crippen LogP contribution in [0.5, 0.6) is 0 Å². The molecule has 28 heavy (non-hydrogen) atoms. The van der Waals surface area contributed by atoms with Crippen LogP contribution in [0.25, 0.3) is 10.8 Å². The number of hydrogen-bond donors (Lipinski definition) is 0. The van der Waals surface area contributed by atoms with E-state index < -0.39 is 12.1 Å². The third kappa shape index (κ3) is 3.91. The van der Waals surface area contributed by atoms with Gasteiger partial charge in [0.15, 0.2) is 0 Å². The number of carbonyl (C=O) groups excluding carboxylic acids is 2. The summed E-state index contributed by atoms with van der Waals surface area (Å²) < 4.78 is 5.76. The fraction of sp³-hybridized carbons (Fsp3) is 0.250. The Balaban J connectivity index is 1.60. The molecule has 4 nitrogen and oxygen atoms in total. The number of fused-ring (bicyclic) bond motifs is 1. The topological polar surface area (TPSA) is 46.6 Å². The molecule has 1 atom stereocenters. The number of esters is 1. The predicted molar refractivity (Wildman–Crippen MR) is 109 cm³/mol. The monoisotopic (exact) mass is 373 g/mol. The molecule has 0 aliphatic carbocycles. The summed E-state index contributed by atoms with van der Waals surface area (Å²) in [6, 6.07) is 22.6. The number of likely N-dealkylation sites (tertiary alicyclic amines) is 1. The normalized spacial score (nSPS) is 15.2. The second-order valence-corrected chi connectivity index (χ2v) is 7.14. The van der Waals surface area contributed by atoms with Crippen LogP contribution in [-0.4, -0.2) is 29.9 Å². The summed E-state index contributed by atoms with van der Waals surface area (Å²) in [6.45, 7) is 1.44. The van der Waals surface area contributed by atoms with Crippen molar-refractivity contribution in [1.82, 2.24) is 4.90 Å². The van der Waals surface area contributed by atoms with Gasteiger partial charge in [0.2, 0.25) is 6.10 Å². The highest BCUT2D eigenvalue weighted by Crippen LogP contribution is 2.25. The fourth-order valence-electron chi connectivity index (χ4n) is 3.66. The summed E-state index contributed by atoms with van der Waals surface area (Å²) in [5.41, 5.74) is 1.15. The minimum absolute atomic E-state index is 0.139. The molecule has 0 spiro atoms. The van der Waals surface area contributed by atoms with Crippen LogP contribution in [0.4, 0.5) is 0 Å². The first kappa shape index (κ1) is 18.2. The summed E-state index contributed by atoms with van der Waals surface area (Å²) in [7, 11) is 0. The SMILES string of the molecule is O=C(O[C@@H](C(=O)N1CCCCC1)c1ccccc1)c1ccc2ccccc2c1. The number of nitrogens with zero attached hydrogens (tertiary/aromatic N) is 1. The number of ether oxygens (including phenoxy) is 1. The molecule has 1 aliphatic heterocycles. The smallest absolute Gasteiger partial charge is 0.339 e. The molecule has 3 aromatic carbocycles. The standard InChI is InChI=1S/C24H23NO3/c26-23(25-15-7-2-8-16-25)22(19-10-3-1-4-11-19)28-24(27)21-14-13-18-9-5-6-12-20(18)17-21/h1,3-6,9-14,17,22H,2,7-8,15-16H2/t22-/m1/s1. The van der Waals surface area contributed by atoms with Gasteiger partial charge in [-0.15, -0.1) is 0 Å². The quantitative estimate of drug-likeness (QED) is 0.620. The van der Waals surface area contributed by atoms with Crippen molar-refractivity contribution < 1.29 is 14.3 Å². The third-order valence-corrected chi connectivity index (χ3v) is 5.20. The Hall–Kier alpha value is -3.14. The number of amides is 1. The molecule has 0 bridgehead atoms. The Morgan fingerprint density at radius 2 is 1.46 bits per heavy atom. The van der Waals surface area contributed by atoms with Crippen LogP contribution in [0.2, 0.25) is 0 Å². The molecule has 4 rings (SSSR count). The second kappa shape index (κ2) is 8.26. The van der Waals surface area contributed by atoms with E-state index in [9.17, 15) is 9.59 Å². The lowest BCUT2D eigenvalue weighted by atomic mass is 10.0. The van der Waals surface area contributed by atoms with Crippen LogP contribution in [0.1, 0.15) is 41.3 Å². The summed E-state index contributed by atoms with van der Waals surface area (Å²) in [5, 5.41) is 2.03. The first-order chi connectivity index (χ1) is 13.7. The highest BCUT2D eigenvalue weighted by molar-refractivity contribution is 5.97. The molecule has 142 valence electrons. The van der Waals surface area contributed by atoms with Gasteiger partial charge in [-0.1, -0.05) is 60.7 Å². The molecule has 0 unspecified atom stereocenters. The highest BCUT2D eigenvalue weighted by atomic mass is 16.5. The zero-order valence-electron chi connectivity index (χ0n) is 15.7. The van der Waals surface area contributed by atoms with E-state index in [0.717, 1.165) is 43.1 Å². The van der Waals surface area contributed by atoms with Crippen molar-refractivity contribution in [2.75, 3.05) is 13.1 Å². The maximum Gasteiger partial charge on any atom is 0.339 e. The lowest BCUT2D eigenvalue weighted by Crippen LogP contribution is -2.40. The number of carbonyl (C=O) groups is 2. The Morgan fingerprint density at radius 1 is 0.786 bits per heavy atom. The number of piperidine rings is 1. The van der Waals surface area contributed by atoms with Gasteiger partial charge in [0.1, 0.15) is 0 Å². The van der Waals surface area contributed by atoms with Crippen molar-refractivity contribution >= 4 is 22.6 Å². The minimum Gasteiger partial charge on any atom is -0.444 e. The Kier molecular flexibility index (Phi) is 5.38. The first-order valence-corrected chi connectivity index (χ1v) is 9.76. The van der Waals surface area contributed by atoms with Crippen LogP contribution >= 0.6 is 0 Å². The predicted octanol–water partition coefficient (Wildman–Crippen LogP) is 4.75. The molecule has 1 saturated heterocycles. The van der Waals surface area contributed by atoms with Crippen molar-refractivity contribution in [2.24, 2.45) is 0 Å². The molecule has 3 aromatic rings. The molecule has 1 fully saturated rings. The van der Waals surface area contributed by atoms with Crippen LogP contribution in [-0.2, 0) is 9.53 Å². The van der Waals surface area contributed by atoms with E-state index in [4.69, 9.17) is 4.74 Å². The van der Waals surface area contributed by atoms with Crippen LogP contribution in [0.3, 0.4) is 0 Å². The number of rotatable bonds is 4. The van der Waals surface area contributed by atoms with E-state index in [1.165, 1.54) is 0 Å². The molecule has 1 heterocycles. The summed E-state index contributed by atoms with van der Waals surface area (Å²) in [5.74, 6) is -0.620. The van der Waals surface area contributed by atoms with Crippen molar-refractivity contribution in [3.63, 3.8) is 0 Å². The molecule has 1 aliphatic rings. The van der Waals surface area contributed by atoms with E-state index in [2.05, 4.69) is 0 Å². The van der Waals surface area contributed by atoms with Crippen molar-refractivity contribution in [3.8, 4) is 0 Å². The average molecular weight is 373 g/mol. The molecular formula is C24H23NO3. The summed E-state index contributed by atoms with van der Waals surface area (Å²) in [6.07, 6.45) is 2.20. The van der Waals surface area contributed by atoms with Gasteiger partial charge >= 0.3 is 5.97 Å². The summed E-state index contributed by atoms with van der Waals surface area (Å²) in [4.78, 5) is 27.8. The van der Waals surface area contributed by atoms with Crippen LogP contribution < -0.4 is 0 Å². The Bertz CT molecular complexity index is 977. The van der Waals surface area contributed by atoms with Gasteiger partial charge in [0.25, 0.3) is 5.91 Å². The Morgan fingerprint density at radius 3 is 2.21 bits per heavy atom. The van der Waals surface area contributed by atoms with Crippen molar-refractivity contribution in [2.45, 2.75) is 25.4 Å². The van der Waals surface area contributed by atoms with Gasteiger partial charge in [-0.25, -0.2) is 4.79 Å². The summed E-state index contributed by atoms with van der Waals surface area (Å²) >= 11 is 0. The van der Waals surface area contributed by atoms with Crippen molar-refractivity contribution in [3.05, 3.63) is 83.9 Å². The van der Waals surface area contributed by atoms with Crippen LogP contribution in [0, 0.1) is 0 Å². The van der Waals surface area contributed by atoms with Crippen molar-refractivity contribution in [1.29, 1.82) is 0 Å². The van der Waals surface area contributed by atoms with E-state index in [0.29, 0.717) is 11.1 Å². The molecule has 0 radical (unpaired) electrons. The lowest BCUT2D eigenvalue weighted by Gasteiger charge is -2.30. The maximum absolute atomic E-state index is 13.1. The minimum atomic E-state index is -0.918. The van der Waals surface area contributed by atoms with E-state index in [-0.39, 0.29) is 5.91 Å². The van der Waals surface area contributed by atoms with Gasteiger partial charge < -0.3 is 9.64 Å². The fourth-order valence-corrected chi connectivity index (χ4v) is 3.66. The molecule has 0 saturated carbocycles. The molecule has 1 amide bonds. The van der Waals surface area contributed by atoms with Gasteiger partial charge in [0, 0.05) is 18.7 Å². The zero-order chi connectivity index (χ0) is 19.3. The largest absolute Gasteiger partial charge is 0.444 e. The van der Waals surface area contributed by atoms with E-state index in [1.54, 1.807) is 6.07 Å². The Labute approximate surface area is 164 Å². The molecule has 0 aromatic heterocycles. The third-order valence-electron chi connectivity index (χ3n) is 5.20. The number of hydrogen-bond acceptors (Lipinski definition) is 3.